The highest BCUT2D eigenvalue weighted by atomic mass is 35.5. The van der Waals surface area contributed by atoms with Crippen molar-refractivity contribution >= 4 is 34.8 Å². The van der Waals surface area contributed by atoms with Gasteiger partial charge in [0.15, 0.2) is 0 Å². The molecule has 0 spiro atoms. The van der Waals surface area contributed by atoms with E-state index in [1.54, 1.807) is 18.2 Å². The van der Waals surface area contributed by atoms with Gasteiger partial charge in [-0.1, -0.05) is 49.2 Å². The van der Waals surface area contributed by atoms with Crippen LogP contribution in [-0.2, 0) is 5.41 Å². The van der Waals surface area contributed by atoms with Crippen LogP contribution in [0.25, 0.3) is 0 Å². The van der Waals surface area contributed by atoms with Crippen molar-refractivity contribution < 1.29 is 24.8 Å². The highest BCUT2D eigenvalue weighted by Gasteiger charge is 2.25. The molecule has 0 amide bonds. The van der Waals surface area contributed by atoms with Gasteiger partial charge in [0, 0.05) is 5.41 Å². The van der Waals surface area contributed by atoms with E-state index in [2.05, 4.69) is 0 Å². The summed E-state index contributed by atoms with van der Waals surface area (Å²) in [5.41, 5.74) is 1.48. The first-order valence-electron chi connectivity index (χ1n) is 9.07. The predicted molar refractivity (Wildman–Crippen MR) is 116 cm³/mol. The molecule has 3 N–H and O–H groups in total. The summed E-state index contributed by atoms with van der Waals surface area (Å²) in [5.74, 6) is 0.986. The van der Waals surface area contributed by atoms with Crippen molar-refractivity contribution in [3.05, 3.63) is 57.6 Å². The van der Waals surface area contributed by atoms with Crippen LogP contribution >= 0.6 is 34.8 Å². The number of hydrogen-bond acceptors (Lipinski definition) is 5. The number of aliphatic hydroxyl groups is 3. The highest BCUT2D eigenvalue weighted by molar-refractivity contribution is 6.32. The Hall–Kier alpha value is -1.21. The minimum absolute atomic E-state index is 0.0472. The van der Waals surface area contributed by atoms with Crippen LogP contribution in [0.2, 0.25) is 10.0 Å². The van der Waals surface area contributed by atoms with Gasteiger partial charge in [-0.15, -0.1) is 11.6 Å². The molecule has 0 saturated carbocycles. The molecule has 0 heterocycles. The molecule has 0 aliphatic carbocycles. The van der Waals surface area contributed by atoms with Gasteiger partial charge < -0.3 is 24.8 Å². The summed E-state index contributed by atoms with van der Waals surface area (Å²) in [6.45, 7) is 3.72. The number of benzene rings is 2. The summed E-state index contributed by atoms with van der Waals surface area (Å²) in [4.78, 5) is 0. The lowest BCUT2D eigenvalue weighted by Gasteiger charge is -2.27. The van der Waals surface area contributed by atoms with E-state index in [0.717, 1.165) is 11.1 Å². The summed E-state index contributed by atoms with van der Waals surface area (Å²) in [5, 5.41) is 28.6. The fourth-order valence-electron chi connectivity index (χ4n) is 2.65. The molecule has 2 atom stereocenters. The number of hydrogen-bond donors (Lipinski definition) is 3. The summed E-state index contributed by atoms with van der Waals surface area (Å²) >= 11 is 18.3. The fourth-order valence-corrected chi connectivity index (χ4v) is 3.21. The maximum absolute atomic E-state index is 9.52. The van der Waals surface area contributed by atoms with E-state index in [4.69, 9.17) is 49.4 Å². The molecule has 160 valence electrons. The summed E-state index contributed by atoms with van der Waals surface area (Å²) in [6, 6.07) is 10.9. The largest absolute Gasteiger partial charge is 0.489 e. The van der Waals surface area contributed by atoms with E-state index < -0.39 is 17.6 Å². The smallest absolute Gasteiger partial charge is 0.138 e. The lowest BCUT2D eigenvalue weighted by atomic mass is 9.78. The van der Waals surface area contributed by atoms with Crippen LogP contribution in [0, 0.1) is 0 Å². The Kier molecular flexibility index (Phi) is 8.89. The van der Waals surface area contributed by atoms with Gasteiger partial charge in [-0.3, -0.25) is 0 Å². The van der Waals surface area contributed by atoms with Crippen LogP contribution in [-0.4, -0.2) is 53.2 Å². The van der Waals surface area contributed by atoms with E-state index in [0.29, 0.717) is 21.5 Å². The van der Waals surface area contributed by atoms with Crippen molar-refractivity contribution in [1.82, 2.24) is 0 Å². The van der Waals surface area contributed by atoms with Crippen molar-refractivity contribution in [1.29, 1.82) is 0 Å². The van der Waals surface area contributed by atoms with Gasteiger partial charge in [0.2, 0.25) is 0 Å². The van der Waals surface area contributed by atoms with Gasteiger partial charge in [0.1, 0.15) is 36.9 Å². The molecule has 2 rings (SSSR count). The monoisotopic (exact) mass is 462 g/mol. The number of halogens is 3. The summed E-state index contributed by atoms with van der Waals surface area (Å²) in [7, 11) is 0. The number of alkyl halides is 1. The second-order valence-electron chi connectivity index (χ2n) is 7.18. The molecular weight excluding hydrogens is 439 g/mol. The molecule has 5 nitrogen and oxygen atoms in total. The molecule has 0 unspecified atom stereocenters. The molecule has 0 radical (unpaired) electrons. The van der Waals surface area contributed by atoms with Crippen molar-refractivity contribution in [2.75, 3.05) is 25.7 Å². The minimum Gasteiger partial charge on any atom is -0.489 e. The van der Waals surface area contributed by atoms with Crippen molar-refractivity contribution in [3.63, 3.8) is 0 Å². The van der Waals surface area contributed by atoms with E-state index in [9.17, 15) is 10.2 Å². The summed E-state index contributed by atoms with van der Waals surface area (Å²) in [6.07, 6.45) is -1.72. The van der Waals surface area contributed by atoms with Crippen LogP contribution < -0.4 is 9.47 Å². The maximum Gasteiger partial charge on any atom is 0.138 e. The zero-order chi connectivity index (χ0) is 21.6. The molecule has 0 bridgehead atoms. The third-order valence-corrected chi connectivity index (χ3v) is 5.51. The Balaban J connectivity index is 2.19. The number of ether oxygens (including phenoxy) is 2. The molecule has 0 saturated heterocycles. The average molecular weight is 464 g/mol. The molecule has 0 aromatic heterocycles. The third kappa shape index (κ3) is 6.38. The Labute approximate surface area is 185 Å². The normalized spacial score (nSPS) is 13.8. The van der Waals surface area contributed by atoms with Crippen molar-refractivity contribution in [2.24, 2.45) is 0 Å². The van der Waals surface area contributed by atoms with Gasteiger partial charge in [-0.05, 0) is 35.4 Å². The first-order chi connectivity index (χ1) is 13.7. The molecule has 0 fully saturated rings. The zero-order valence-corrected chi connectivity index (χ0v) is 18.5. The number of rotatable bonds is 10. The first-order valence-corrected chi connectivity index (χ1v) is 10.4. The second-order valence-corrected chi connectivity index (χ2v) is 8.30. The maximum atomic E-state index is 9.52. The van der Waals surface area contributed by atoms with Crippen LogP contribution in [0.15, 0.2) is 36.4 Å². The van der Waals surface area contributed by atoms with Crippen molar-refractivity contribution in [3.8, 4) is 11.5 Å². The van der Waals surface area contributed by atoms with E-state index in [1.807, 2.05) is 32.0 Å². The standard InChI is InChI=1S/C21H25Cl3O5/c1-21(2,13-3-5-19(17(23)7-13)28-11-15(26)9-22)14-4-6-20(18(24)8-14)29-12-16(27)10-25/h3-8,15-16,25-27H,9-12H2,1-2H3/t15-,16-/m0/s1. The minimum atomic E-state index is -0.962. The zero-order valence-electron chi connectivity index (χ0n) is 16.2. The molecule has 2 aromatic rings. The van der Waals surface area contributed by atoms with Crippen LogP contribution in [0.3, 0.4) is 0 Å². The van der Waals surface area contributed by atoms with Gasteiger partial charge in [-0.25, -0.2) is 0 Å². The van der Waals surface area contributed by atoms with Crippen LogP contribution in [0.5, 0.6) is 11.5 Å². The lowest BCUT2D eigenvalue weighted by Crippen LogP contribution is -2.22. The predicted octanol–water partition coefficient (Wildman–Crippen LogP) is 4.03. The Morgan fingerprint density at radius 2 is 1.31 bits per heavy atom. The van der Waals surface area contributed by atoms with Gasteiger partial charge in [-0.2, -0.15) is 0 Å². The number of aliphatic hydroxyl groups excluding tert-OH is 3. The van der Waals surface area contributed by atoms with Crippen LogP contribution in [0.1, 0.15) is 25.0 Å². The van der Waals surface area contributed by atoms with E-state index in [-0.39, 0.29) is 25.7 Å². The lowest BCUT2D eigenvalue weighted by molar-refractivity contribution is 0.0536. The van der Waals surface area contributed by atoms with Gasteiger partial charge in [0.05, 0.1) is 22.5 Å². The highest BCUT2D eigenvalue weighted by Crippen LogP contribution is 2.38. The molecule has 8 heteroatoms. The molecule has 0 aliphatic heterocycles. The van der Waals surface area contributed by atoms with Gasteiger partial charge in [0.25, 0.3) is 0 Å². The molecule has 2 aromatic carbocycles. The summed E-state index contributed by atoms with van der Waals surface area (Å²) < 4.78 is 11.0. The molecular formula is C21H25Cl3O5. The van der Waals surface area contributed by atoms with E-state index in [1.165, 1.54) is 0 Å². The molecule has 0 aliphatic rings. The Morgan fingerprint density at radius 1 is 0.862 bits per heavy atom. The van der Waals surface area contributed by atoms with E-state index >= 15 is 0 Å². The SMILES string of the molecule is CC(C)(c1ccc(OC[C@@H](O)CO)c(Cl)c1)c1ccc(OC[C@@H](O)CCl)c(Cl)c1. The second kappa shape index (κ2) is 10.7. The third-order valence-electron chi connectivity index (χ3n) is 4.56. The van der Waals surface area contributed by atoms with Crippen molar-refractivity contribution in [2.45, 2.75) is 31.5 Å². The molecule has 29 heavy (non-hydrogen) atoms. The Bertz CT molecular complexity index is 747. The average Bonchev–Trinajstić information content (AvgIpc) is 2.71. The quantitative estimate of drug-likeness (QED) is 0.464. The first kappa shape index (κ1) is 24.1. The topological polar surface area (TPSA) is 79.2 Å². The van der Waals surface area contributed by atoms with Crippen LogP contribution in [0.4, 0.5) is 0 Å². The van der Waals surface area contributed by atoms with Gasteiger partial charge >= 0.3 is 0 Å². The fraction of sp³-hybridized carbons (Fsp3) is 0.429. The Morgan fingerprint density at radius 3 is 1.69 bits per heavy atom.